The lowest BCUT2D eigenvalue weighted by Crippen LogP contribution is -2.00. The molecule has 0 radical (unpaired) electrons. The molecule has 66 valence electrons. The van der Waals surface area contributed by atoms with Crippen molar-refractivity contribution in [3.05, 3.63) is 35.8 Å². The summed E-state index contributed by atoms with van der Waals surface area (Å²) in [4.78, 5) is 10.7. The number of allylic oxidation sites excluding steroid dienone is 3. The highest BCUT2D eigenvalue weighted by molar-refractivity contribution is 5.96. The Morgan fingerprint density at radius 3 is 2.25 bits per heavy atom. The van der Waals surface area contributed by atoms with E-state index < -0.39 is 5.76 Å². The molecule has 0 atom stereocenters. The summed E-state index contributed by atoms with van der Waals surface area (Å²) in [6.45, 7) is 6.25. The van der Waals surface area contributed by atoms with Crippen molar-refractivity contribution in [2.45, 2.75) is 13.8 Å². The van der Waals surface area contributed by atoms with Crippen LogP contribution in [0.1, 0.15) is 13.8 Å². The van der Waals surface area contributed by atoms with Gasteiger partial charge in [0.25, 0.3) is 0 Å². The maximum Gasteiger partial charge on any atom is 0.167 e. The molecular formula is C9H12O3. The minimum atomic E-state index is -0.472. The Balaban J connectivity index is 4.78. The molecule has 0 spiro atoms. The first-order valence-electron chi connectivity index (χ1n) is 3.45. The van der Waals surface area contributed by atoms with Crippen molar-refractivity contribution in [1.29, 1.82) is 0 Å². The van der Waals surface area contributed by atoms with Crippen molar-refractivity contribution in [2.75, 3.05) is 0 Å². The first-order chi connectivity index (χ1) is 5.50. The number of rotatable bonds is 3. The first kappa shape index (κ1) is 10.5. The van der Waals surface area contributed by atoms with Gasteiger partial charge >= 0.3 is 0 Å². The van der Waals surface area contributed by atoms with Gasteiger partial charge in [0.1, 0.15) is 0 Å². The molecule has 2 N–H and O–H groups in total. The fraction of sp³-hybridized carbons (Fsp3) is 0.222. The second kappa shape index (κ2) is 4.38. The van der Waals surface area contributed by atoms with E-state index in [-0.39, 0.29) is 17.1 Å². The molecule has 0 aliphatic rings. The lowest BCUT2D eigenvalue weighted by molar-refractivity contribution is -0.113. The first-order valence-corrected chi connectivity index (χ1v) is 3.45. The van der Waals surface area contributed by atoms with Gasteiger partial charge in [0.15, 0.2) is 17.3 Å². The summed E-state index contributed by atoms with van der Waals surface area (Å²) < 4.78 is 0. The van der Waals surface area contributed by atoms with Gasteiger partial charge in [-0.15, -0.1) is 0 Å². The van der Waals surface area contributed by atoms with Crippen molar-refractivity contribution in [1.82, 2.24) is 0 Å². The van der Waals surface area contributed by atoms with Crippen molar-refractivity contribution >= 4 is 5.78 Å². The van der Waals surface area contributed by atoms with Gasteiger partial charge in [-0.05, 0) is 19.9 Å². The Morgan fingerprint density at radius 2 is 1.92 bits per heavy atom. The number of Topliss-reactive ketones (excluding diaryl/α,β-unsaturated/α-hetero) is 1. The van der Waals surface area contributed by atoms with Crippen LogP contribution in [-0.2, 0) is 4.79 Å². The molecule has 0 aromatic heterocycles. The lowest BCUT2D eigenvalue weighted by Gasteiger charge is -2.00. The van der Waals surface area contributed by atoms with Gasteiger partial charge in [-0.1, -0.05) is 12.7 Å². The molecule has 0 rings (SSSR count). The molecule has 0 aromatic carbocycles. The van der Waals surface area contributed by atoms with Crippen molar-refractivity contribution in [2.24, 2.45) is 0 Å². The zero-order valence-electron chi connectivity index (χ0n) is 7.16. The summed E-state index contributed by atoms with van der Waals surface area (Å²) in [5, 5.41) is 18.2. The van der Waals surface area contributed by atoms with E-state index >= 15 is 0 Å². The van der Waals surface area contributed by atoms with Crippen LogP contribution in [-0.4, -0.2) is 16.0 Å². The maximum absolute atomic E-state index is 10.7. The normalized spacial score (nSPS) is 12.8. The highest BCUT2D eigenvalue weighted by atomic mass is 16.3. The zero-order chi connectivity index (χ0) is 9.72. The number of hydrogen-bond donors (Lipinski definition) is 2. The van der Waals surface area contributed by atoms with E-state index in [0.29, 0.717) is 0 Å². The van der Waals surface area contributed by atoms with Gasteiger partial charge in [-0.2, -0.15) is 0 Å². The molecule has 0 aromatic rings. The third kappa shape index (κ3) is 2.62. The topological polar surface area (TPSA) is 57.5 Å². The van der Waals surface area contributed by atoms with Gasteiger partial charge in [0.05, 0.1) is 5.57 Å². The van der Waals surface area contributed by atoms with Crippen LogP contribution in [0.3, 0.4) is 0 Å². The average molecular weight is 168 g/mol. The summed E-state index contributed by atoms with van der Waals surface area (Å²) in [5.74, 6) is -1.19. The molecule has 0 fully saturated rings. The van der Waals surface area contributed by atoms with Gasteiger partial charge in [-0.25, -0.2) is 0 Å². The predicted molar refractivity (Wildman–Crippen MR) is 46.9 cm³/mol. The molecular weight excluding hydrogens is 156 g/mol. The largest absolute Gasteiger partial charge is 0.504 e. The van der Waals surface area contributed by atoms with E-state index in [4.69, 9.17) is 10.2 Å². The van der Waals surface area contributed by atoms with E-state index in [1.54, 1.807) is 13.0 Å². The maximum atomic E-state index is 10.7. The van der Waals surface area contributed by atoms with Crippen molar-refractivity contribution < 1.29 is 15.0 Å². The monoisotopic (exact) mass is 168 g/mol. The molecule has 0 saturated carbocycles. The minimum Gasteiger partial charge on any atom is -0.504 e. The van der Waals surface area contributed by atoms with E-state index in [9.17, 15) is 4.79 Å². The quantitative estimate of drug-likeness (QED) is 0.385. The van der Waals surface area contributed by atoms with Crippen LogP contribution >= 0.6 is 0 Å². The molecule has 0 aliphatic carbocycles. The third-order valence-corrected chi connectivity index (χ3v) is 1.28. The van der Waals surface area contributed by atoms with Crippen molar-refractivity contribution in [3.8, 4) is 0 Å². The fourth-order valence-electron chi connectivity index (χ4n) is 0.558. The Kier molecular flexibility index (Phi) is 3.83. The number of carbonyl (C=O) groups excluding carboxylic acids is 1. The van der Waals surface area contributed by atoms with Gasteiger partial charge in [0.2, 0.25) is 0 Å². The van der Waals surface area contributed by atoms with Crippen LogP contribution in [0.5, 0.6) is 0 Å². The Bertz CT molecular complexity index is 259. The molecule has 0 aliphatic heterocycles. The highest BCUT2D eigenvalue weighted by Gasteiger charge is 2.09. The minimum absolute atomic E-state index is 0.0920. The number of aliphatic hydroxyl groups excluding tert-OH is 2. The Morgan fingerprint density at radius 1 is 1.42 bits per heavy atom. The van der Waals surface area contributed by atoms with Crippen molar-refractivity contribution in [3.63, 3.8) is 0 Å². The molecule has 0 unspecified atom stereocenters. The number of aliphatic hydroxyl groups is 2. The lowest BCUT2D eigenvalue weighted by atomic mass is 10.1. The van der Waals surface area contributed by atoms with Crippen LogP contribution in [0.4, 0.5) is 0 Å². The summed E-state index contributed by atoms with van der Waals surface area (Å²) >= 11 is 0. The van der Waals surface area contributed by atoms with E-state index in [1.807, 2.05) is 0 Å². The third-order valence-electron chi connectivity index (χ3n) is 1.28. The van der Waals surface area contributed by atoms with Gasteiger partial charge < -0.3 is 10.2 Å². The van der Waals surface area contributed by atoms with E-state index in [1.165, 1.54) is 13.0 Å². The molecule has 0 amide bonds. The molecule has 3 heteroatoms. The number of hydrogen-bond acceptors (Lipinski definition) is 3. The van der Waals surface area contributed by atoms with Gasteiger partial charge in [-0.3, -0.25) is 4.79 Å². The molecule has 0 heterocycles. The number of ketones is 1. The second-order valence-electron chi connectivity index (χ2n) is 2.27. The smallest absolute Gasteiger partial charge is 0.167 e. The predicted octanol–water partition coefficient (Wildman–Crippen LogP) is 2.04. The second-order valence-corrected chi connectivity index (χ2v) is 2.27. The summed E-state index contributed by atoms with van der Waals surface area (Å²) in [6, 6.07) is 0. The van der Waals surface area contributed by atoms with E-state index in [2.05, 4.69) is 6.58 Å². The SMILES string of the molecule is C=C(C(C)=O)/C(O)=C(O)\C=C/C. The van der Waals surface area contributed by atoms with Gasteiger partial charge in [0, 0.05) is 0 Å². The van der Waals surface area contributed by atoms with Crippen LogP contribution in [0, 0.1) is 0 Å². The van der Waals surface area contributed by atoms with Crippen LogP contribution in [0.2, 0.25) is 0 Å². The summed E-state index contributed by atoms with van der Waals surface area (Å²) in [6.07, 6.45) is 2.82. The number of carbonyl (C=O) groups is 1. The molecule has 12 heavy (non-hydrogen) atoms. The van der Waals surface area contributed by atoms with Crippen LogP contribution in [0.25, 0.3) is 0 Å². The molecule has 3 nitrogen and oxygen atoms in total. The molecule has 0 saturated heterocycles. The van der Waals surface area contributed by atoms with Crippen LogP contribution in [0.15, 0.2) is 35.8 Å². The van der Waals surface area contributed by atoms with Crippen LogP contribution < -0.4 is 0 Å². The fourth-order valence-corrected chi connectivity index (χ4v) is 0.558. The Labute approximate surface area is 71.3 Å². The van der Waals surface area contributed by atoms with E-state index in [0.717, 1.165) is 0 Å². The summed E-state index contributed by atoms with van der Waals surface area (Å²) in [5.41, 5.74) is -0.0920. The summed E-state index contributed by atoms with van der Waals surface area (Å²) in [7, 11) is 0. The zero-order valence-corrected chi connectivity index (χ0v) is 7.16. The Hall–Kier alpha value is -1.51. The highest BCUT2D eigenvalue weighted by Crippen LogP contribution is 2.09. The molecule has 0 bridgehead atoms. The average Bonchev–Trinajstić information content (AvgIpc) is 2.02. The standard InChI is InChI=1S/C9H12O3/c1-4-5-8(11)9(12)6(2)7(3)10/h4-5,11-12H,2H2,1,3H3/b5-4-,9-8-.